The fourth-order valence-electron chi connectivity index (χ4n) is 1.43. The Hall–Kier alpha value is -0.380. The third kappa shape index (κ3) is 3.59. The van der Waals surface area contributed by atoms with E-state index in [1.807, 2.05) is 26.0 Å². The second-order valence-electron chi connectivity index (χ2n) is 3.24. The molecule has 0 spiro atoms. The van der Waals surface area contributed by atoms with E-state index in [-0.39, 0.29) is 6.29 Å². The molecule has 0 aliphatic heterocycles. The highest BCUT2D eigenvalue weighted by atomic mass is 79.9. The quantitative estimate of drug-likeness (QED) is 0.759. The number of hydrogen-bond donors (Lipinski definition) is 0. The summed E-state index contributed by atoms with van der Waals surface area (Å²) in [5, 5.41) is 0. The van der Waals surface area contributed by atoms with E-state index in [2.05, 4.69) is 28.9 Å². The molecule has 0 amide bonds. The van der Waals surface area contributed by atoms with Crippen molar-refractivity contribution in [3.8, 4) is 0 Å². The molecule has 0 radical (unpaired) electrons. The Morgan fingerprint density at radius 3 is 2.27 bits per heavy atom. The van der Waals surface area contributed by atoms with Gasteiger partial charge in [0.1, 0.15) is 0 Å². The number of rotatable bonds is 5. The van der Waals surface area contributed by atoms with Crippen molar-refractivity contribution in [2.45, 2.75) is 27.1 Å². The minimum Gasteiger partial charge on any atom is -0.349 e. The maximum atomic E-state index is 5.55. The lowest BCUT2D eigenvalue weighted by atomic mass is 10.1. The third-order valence-corrected chi connectivity index (χ3v) is 2.62. The first-order valence-corrected chi connectivity index (χ1v) is 5.97. The van der Waals surface area contributed by atoms with Gasteiger partial charge in [0.2, 0.25) is 0 Å². The molecule has 0 aliphatic rings. The van der Waals surface area contributed by atoms with Crippen LogP contribution in [0.3, 0.4) is 0 Å². The maximum Gasteiger partial charge on any atom is 0.184 e. The zero-order valence-electron chi connectivity index (χ0n) is 9.42. The summed E-state index contributed by atoms with van der Waals surface area (Å²) in [7, 11) is 0. The summed E-state index contributed by atoms with van der Waals surface area (Å²) in [6, 6.07) is 6.11. The predicted octanol–water partition coefficient (Wildman–Crippen LogP) is 3.83. The fraction of sp³-hybridized carbons (Fsp3) is 0.500. The average Bonchev–Trinajstić information content (AvgIpc) is 2.17. The maximum absolute atomic E-state index is 5.55. The first kappa shape index (κ1) is 12.7. The van der Waals surface area contributed by atoms with Gasteiger partial charge in [-0.25, -0.2) is 0 Å². The molecule has 0 heterocycles. The van der Waals surface area contributed by atoms with Crippen LogP contribution in [0.1, 0.15) is 31.3 Å². The molecule has 0 aromatic heterocycles. The van der Waals surface area contributed by atoms with Crippen molar-refractivity contribution in [1.82, 2.24) is 0 Å². The third-order valence-electron chi connectivity index (χ3n) is 2.12. The highest BCUT2D eigenvalue weighted by molar-refractivity contribution is 9.10. The van der Waals surface area contributed by atoms with Gasteiger partial charge in [0.05, 0.1) is 0 Å². The van der Waals surface area contributed by atoms with Gasteiger partial charge >= 0.3 is 0 Å². The van der Waals surface area contributed by atoms with Crippen LogP contribution in [-0.4, -0.2) is 13.2 Å². The first-order valence-electron chi connectivity index (χ1n) is 5.18. The van der Waals surface area contributed by atoms with Crippen LogP contribution in [0.15, 0.2) is 22.7 Å². The summed E-state index contributed by atoms with van der Waals surface area (Å²) in [5.74, 6) is 0. The molecule has 0 unspecified atom stereocenters. The van der Waals surface area contributed by atoms with Crippen molar-refractivity contribution in [3.63, 3.8) is 0 Å². The predicted molar refractivity (Wildman–Crippen MR) is 64.9 cm³/mol. The summed E-state index contributed by atoms with van der Waals surface area (Å²) >= 11 is 3.44. The van der Waals surface area contributed by atoms with Crippen molar-refractivity contribution in [2.24, 2.45) is 0 Å². The number of ether oxygens (including phenoxy) is 2. The highest BCUT2D eigenvalue weighted by Crippen LogP contribution is 2.25. The Kier molecular flexibility index (Phi) is 5.29. The van der Waals surface area contributed by atoms with Crippen LogP contribution in [0.4, 0.5) is 0 Å². The second-order valence-corrected chi connectivity index (χ2v) is 4.16. The molecule has 0 fully saturated rings. The molecule has 1 aromatic carbocycles. The van der Waals surface area contributed by atoms with Gasteiger partial charge < -0.3 is 9.47 Å². The topological polar surface area (TPSA) is 18.5 Å². The molecule has 0 N–H and O–H groups in total. The number of hydrogen-bond acceptors (Lipinski definition) is 2. The van der Waals surface area contributed by atoms with Gasteiger partial charge in [-0.2, -0.15) is 0 Å². The summed E-state index contributed by atoms with van der Waals surface area (Å²) < 4.78 is 12.2. The number of halogens is 1. The van der Waals surface area contributed by atoms with Crippen LogP contribution >= 0.6 is 15.9 Å². The highest BCUT2D eigenvalue weighted by Gasteiger charge is 2.13. The lowest BCUT2D eigenvalue weighted by molar-refractivity contribution is -0.140. The number of benzene rings is 1. The van der Waals surface area contributed by atoms with Crippen LogP contribution in [0.2, 0.25) is 0 Å². The molecule has 0 atom stereocenters. The van der Waals surface area contributed by atoms with Crippen molar-refractivity contribution < 1.29 is 9.47 Å². The van der Waals surface area contributed by atoms with Crippen molar-refractivity contribution in [2.75, 3.05) is 13.2 Å². The van der Waals surface area contributed by atoms with E-state index >= 15 is 0 Å². The van der Waals surface area contributed by atoms with Crippen molar-refractivity contribution >= 4 is 15.9 Å². The van der Waals surface area contributed by atoms with E-state index in [9.17, 15) is 0 Å². The molecule has 0 saturated heterocycles. The van der Waals surface area contributed by atoms with Crippen LogP contribution in [0, 0.1) is 6.92 Å². The molecule has 0 bridgehead atoms. The minimum atomic E-state index is -0.243. The van der Waals surface area contributed by atoms with Crippen molar-refractivity contribution in [3.05, 3.63) is 33.8 Å². The van der Waals surface area contributed by atoms with Crippen molar-refractivity contribution in [1.29, 1.82) is 0 Å². The molecule has 0 aliphatic carbocycles. The monoisotopic (exact) mass is 272 g/mol. The van der Waals surface area contributed by atoms with Crippen LogP contribution < -0.4 is 0 Å². The summed E-state index contributed by atoms with van der Waals surface area (Å²) in [5.41, 5.74) is 2.28. The molecule has 1 aromatic rings. The van der Waals surface area contributed by atoms with Gasteiger partial charge in [-0.3, -0.25) is 0 Å². The van der Waals surface area contributed by atoms with Gasteiger partial charge in [-0.15, -0.1) is 0 Å². The van der Waals surface area contributed by atoms with Gasteiger partial charge in [-0.1, -0.05) is 22.0 Å². The first-order chi connectivity index (χ1) is 7.19. The fourth-order valence-corrected chi connectivity index (χ4v) is 1.91. The summed E-state index contributed by atoms with van der Waals surface area (Å²) in [6.45, 7) is 7.31. The Bertz CT molecular complexity index is 306. The largest absolute Gasteiger partial charge is 0.349 e. The summed E-state index contributed by atoms with van der Waals surface area (Å²) in [4.78, 5) is 0. The lowest BCUT2D eigenvalue weighted by Crippen LogP contribution is -2.10. The van der Waals surface area contributed by atoms with E-state index in [1.54, 1.807) is 0 Å². The standard InChI is InChI=1S/C12H17BrO2/c1-4-14-12(15-5-2)11-7-6-10(13)8-9(11)3/h6-8,12H,4-5H2,1-3H3. The van der Waals surface area contributed by atoms with Crippen LogP contribution in [-0.2, 0) is 9.47 Å². The molecular formula is C12H17BrO2. The van der Waals surface area contributed by atoms with E-state index in [4.69, 9.17) is 9.47 Å². The molecule has 3 heteroatoms. The summed E-state index contributed by atoms with van der Waals surface area (Å²) in [6.07, 6.45) is -0.243. The van der Waals surface area contributed by atoms with Crippen LogP contribution in [0.25, 0.3) is 0 Å². The zero-order chi connectivity index (χ0) is 11.3. The molecule has 2 nitrogen and oxygen atoms in total. The molecule has 1 rings (SSSR count). The number of aryl methyl sites for hydroxylation is 1. The van der Waals surface area contributed by atoms with Gasteiger partial charge in [0, 0.05) is 23.2 Å². The second kappa shape index (κ2) is 6.26. The van der Waals surface area contributed by atoms with Gasteiger partial charge in [0.25, 0.3) is 0 Å². The Morgan fingerprint density at radius 1 is 1.20 bits per heavy atom. The van der Waals surface area contributed by atoms with Crippen LogP contribution in [0.5, 0.6) is 0 Å². The van der Waals surface area contributed by atoms with E-state index in [1.165, 1.54) is 5.56 Å². The molecule has 15 heavy (non-hydrogen) atoms. The molecule has 84 valence electrons. The van der Waals surface area contributed by atoms with E-state index in [0.717, 1.165) is 10.0 Å². The Labute approximate surface area is 99.7 Å². The smallest absolute Gasteiger partial charge is 0.184 e. The van der Waals surface area contributed by atoms with Gasteiger partial charge in [-0.05, 0) is 38.5 Å². The van der Waals surface area contributed by atoms with E-state index in [0.29, 0.717) is 13.2 Å². The normalized spacial score (nSPS) is 11.0. The Balaban J connectivity index is 2.89. The molecule has 0 saturated carbocycles. The molecular weight excluding hydrogens is 256 g/mol. The van der Waals surface area contributed by atoms with Gasteiger partial charge in [0.15, 0.2) is 6.29 Å². The minimum absolute atomic E-state index is 0.243. The lowest BCUT2D eigenvalue weighted by Gasteiger charge is -2.19. The zero-order valence-corrected chi connectivity index (χ0v) is 11.0. The van der Waals surface area contributed by atoms with E-state index < -0.39 is 0 Å². The average molecular weight is 273 g/mol. The SMILES string of the molecule is CCOC(OCC)c1ccc(Br)cc1C. The Morgan fingerprint density at radius 2 is 1.80 bits per heavy atom.